The molecule has 1 aromatic rings. The summed E-state index contributed by atoms with van der Waals surface area (Å²) in [5, 5.41) is 10.7. The van der Waals surface area contributed by atoms with Gasteiger partial charge in [-0.2, -0.15) is 0 Å². The Kier molecular flexibility index (Phi) is 2.70. The lowest BCUT2D eigenvalue weighted by Crippen LogP contribution is -2.33. The lowest BCUT2D eigenvalue weighted by molar-refractivity contribution is -0.385. The molecule has 2 aliphatic heterocycles. The molecular weight excluding hydrogens is 266 g/mol. The minimum atomic E-state index is -0.714. The number of nitrogens with zero attached hydrogens (tertiary/aromatic N) is 1. The summed E-state index contributed by atoms with van der Waals surface area (Å²) >= 11 is 0. The van der Waals surface area contributed by atoms with E-state index in [1.54, 1.807) is 13.8 Å². The van der Waals surface area contributed by atoms with Crippen LogP contribution in [-0.2, 0) is 9.47 Å². The number of fused-ring (bicyclic) bond motifs is 1. The lowest BCUT2D eigenvalue weighted by atomic mass is 10.2. The molecule has 0 N–H and O–H groups in total. The number of hydrogen-bond acceptors (Lipinski definition) is 6. The number of non-ortho nitro benzene ring substituents is 1. The SMILES string of the molecule is CC1(C)OC=C([C@@H]2COc3cc([N+](=O)[O-])ccc3O2)O1. The normalized spacial score (nSPS) is 22.5. The van der Waals surface area contributed by atoms with Crippen LogP contribution < -0.4 is 9.47 Å². The molecule has 20 heavy (non-hydrogen) atoms. The molecule has 2 heterocycles. The molecule has 1 atom stereocenters. The van der Waals surface area contributed by atoms with Crippen LogP contribution in [0.5, 0.6) is 11.5 Å². The molecule has 0 saturated carbocycles. The summed E-state index contributed by atoms with van der Waals surface area (Å²) in [6, 6.07) is 4.23. The molecule has 0 spiro atoms. The summed E-state index contributed by atoms with van der Waals surface area (Å²) in [5.41, 5.74) is -0.0356. The Morgan fingerprint density at radius 3 is 2.80 bits per heavy atom. The predicted molar refractivity (Wildman–Crippen MR) is 67.3 cm³/mol. The molecule has 0 radical (unpaired) electrons. The number of rotatable bonds is 2. The van der Waals surface area contributed by atoms with Gasteiger partial charge in [-0.25, -0.2) is 0 Å². The number of nitro benzene ring substituents is 1. The van der Waals surface area contributed by atoms with Gasteiger partial charge >= 0.3 is 0 Å². The molecule has 0 saturated heterocycles. The smallest absolute Gasteiger partial charge is 0.273 e. The van der Waals surface area contributed by atoms with Gasteiger partial charge < -0.3 is 18.9 Å². The van der Waals surface area contributed by atoms with Crippen LogP contribution in [0.25, 0.3) is 0 Å². The molecule has 0 fully saturated rings. The van der Waals surface area contributed by atoms with Crippen LogP contribution in [0.4, 0.5) is 5.69 Å². The average Bonchev–Trinajstić information content (AvgIpc) is 2.78. The summed E-state index contributed by atoms with van der Waals surface area (Å²) in [5.74, 6) is 0.628. The van der Waals surface area contributed by atoms with Crippen molar-refractivity contribution >= 4 is 5.69 Å². The molecule has 0 unspecified atom stereocenters. The van der Waals surface area contributed by atoms with Crippen LogP contribution in [-0.4, -0.2) is 23.4 Å². The van der Waals surface area contributed by atoms with Crippen molar-refractivity contribution < 1.29 is 23.9 Å². The first-order chi connectivity index (χ1) is 9.44. The first kappa shape index (κ1) is 12.6. The van der Waals surface area contributed by atoms with Gasteiger partial charge in [-0.3, -0.25) is 10.1 Å². The summed E-state index contributed by atoms with van der Waals surface area (Å²) in [4.78, 5) is 10.2. The van der Waals surface area contributed by atoms with Gasteiger partial charge in [-0.15, -0.1) is 0 Å². The molecule has 0 bridgehead atoms. The topological polar surface area (TPSA) is 80.1 Å². The van der Waals surface area contributed by atoms with Crippen molar-refractivity contribution in [3.05, 3.63) is 40.3 Å². The van der Waals surface area contributed by atoms with Crippen LogP contribution in [0.1, 0.15) is 13.8 Å². The summed E-state index contributed by atoms with van der Waals surface area (Å²) in [7, 11) is 0. The fraction of sp³-hybridized carbons (Fsp3) is 0.385. The van der Waals surface area contributed by atoms with E-state index in [-0.39, 0.29) is 12.3 Å². The van der Waals surface area contributed by atoms with Gasteiger partial charge in [-0.05, 0) is 6.07 Å². The lowest BCUT2D eigenvalue weighted by Gasteiger charge is -2.27. The van der Waals surface area contributed by atoms with Crippen LogP contribution in [0.3, 0.4) is 0 Å². The summed E-state index contributed by atoms with van der Waals surface area (Å²) in [6.45, 7) is 3.79. The molecule has 1 aromatic carbocycles. The maximum atomic E-state index is 10.7. The number of ether oxygens (including phenoxy) is 4. The molecule has 7 heteroatoms. The van der Waals surface area contributed by atoms with Crippen molar-refractivity contribution in [2.45, 2.75) is 25.7 Å². The molecule has 3 rings (SSSR count). The fourth-order valence-corrected chi connectivity index (χ4v) is 1.99. The van der Waals surface area contributed by atoms with Crippen LogP contribution in [0.15, 0.2) is 30.2 Å². The quantitative estimate of drug-likeness (QED) is 0.610. The maximum absolute atomic E-state index is 10.7. The number of benzene rings is 1. The van der Waals surface area contributed by atoms with E-state index in [0.29, 0.717) is 17.3 Å². The first-order valence-corrected chi connectivity index (χ1v) is 6.09. The minimum Gasteiger partial charge on any atom is -0.485 e. The van der Waals surface area contributed by atoms with E-state index in [1.165, 1.54) is 24.5 Å². The zero-order chi connectivity index (χ0) is 14.3. The van der Waals surface area contributed by atoms with Gasteiger partial charge in [0.25, 0.3) is 5.69 Å². The Hall–Kier alpha value is -2.44. The largest absolute Gasteiger partial charge is 0.485 e. The van der Waals surface area contributed by atoms with Gasteiger partial charge in [0, 0.05) is 19.9 Å². The molecular formula is C13H13NO6. The second-order valence-electron chi connectivity index (χ2n) is 4.95. The van der Waals surface area contributed by atoms with Crippen LogP contribution in [0.2, 0.25) is 0 Å². The molecule has 106 valence electrons. The van der Waals surface area contributed by atoms with Crippen molar-refractivity contribution in [3.8, 4) is 11.5 Å². The van der Waals surface area contributed by atoms with Gasteiger partial charge in [0.2, 0.25) is 5.79 Å². The van der Waals surface area contributed by atoms with Gasteiger partial charge in [0.15, 0.2) is 23.4 Å². The fourth-order valence-electron chi connectivity index (χ4n) is 1.99. The van der Waals surface area contributed by atoms with E-state index in [9.17, 15) is 10.1 Å². The van der Waals surface area contributed by atoms with Gasteiger partial charge in [0.05, 0.1) is 11.0 Å². The first-order valence-electron chi connectivity index (χ1n) is 6.09. The summed E-state index contributed by atoms with van der Waals surface area (Å²) in [6.07, 6.45) is 1.08. The Bertz CT molecular complexity index is 595. The van der Waals surface area contributed by atoms with E-state index in [0.717, 1.165) is 0 Å². The van der Waals surface area contributed by atoms with Crippen LogP contribution >= 0.6 is 0 Å². The highest BCUT2D eigenvalue weighted by Gasteiger charge is 2.35. The molecule has 0 aliphatic carbocycles. The molecule has 2 aliphatic rings. The monoisotopic (exact) mass is 279 g/mol. The highest BCUT2D eigenvalue weighted by atomic mass is 16.7. The molecule has 0 aromatic heterocycles. The van der Waals surface area contributed by atoms with Crippen molar-refractivity contribution in [3.63, 3.8) is 0 Å². The highest BCUT2D eigenvalue weighted by Crippen LogP contribution is 2.38. The Morgan fingerprint density at radius 2 is 2.15 bits per heavy atom. The third-order valence-corrected chi connectivity index (χ3v) is 2.94. The predicted octanol–water partition coefficient (Wildman–Crippen LogP) is 2.36. The maximum Gasteiger partial charge on any atom is 0.273 e. The Balaban J connectivity index is 1.78. The van der Waals surface area contributed by atoms with E-state index < -0.39 is 16.8 Å². The van der Waals surface area contributed by atoms with Crippen molar-refractivity contribution in [1.29, 1.82) is 0 Å². The zero-order valence-corrected chi connectivity index (χ0v) is 11.0. The zero-order valence-electron chi connectivity index (χ0n) is 11.0. The Morgan fingerprint density at radius 1 is 1.35 bits per heavy atom. The third kappa shape index (κ3) is 2.22. The second kappa shape index (κ2) is 4.29. The van der Waals surface area contributed by atoms with Crippen LogP contribution in [0, 0.1) is 10.1 Å². The third-order valence-electron chi connectivity index (χ3n) is 2.94. The van der Waals surface area contributed by atoms with Crippen molar-refractivity contribution in [1.82, 2.24) is 0 Å². The average molecular weight is 279 g/mol. The van der Waals surface area contributed by atoms with Gasteiger partial charge in [0.1, 0.15) is 12.9 Å². The van der Waals surface area contributed by atoms with E-state index in [1.807, 2.05) is 0 Å². The number of hydrogen-bond donors (Lipinski definition) is 0. The van der Waals surface area contributed by atoms with E-state index in [4.69, 9.17) is 18.9 Å². The standard InChI is InChI=1S/C13H13NO6/c1-13(2)18-7-12(20-13)11-6-17-10-5-8(14(15)16)3-4-9(10)19-11/h3-5,7,11H,6H2,1-2H3/t11-/m0/s1. The number of nitro groups is 1. The minimum absolute atomic E-state index is 0.0356. The van der Waals surface area contributed by atoms with E-state index >= 15 is 0 Å². The van der Waals surface area contributed by atoms with Crippen molar-refractivity contribution in [2.24, 2.45) is 0 Å². The summed E-state index contributed by atoms with van der Waals surface area (Å²) < 4.78 is 22.2. The van der Waals surface area contributed by atoms with Gasteiger partial charge in [-0.1, -0.05) is 0 Å². The highest BCUT2D eigenvalue weighted by molar-refractivity contribution is 5.49. The molecule has 7 nitrogen and oxygen atoms in total. The molecule has 0 amide bonds. The van der Waals surface area contributed by atoms with Crippen molar-refractivity contribution in [2.75, 3.05) is 6.61 Å². The van der Waals surface area contributed by atoms with E-state index in [2.05, 4.69) is 0 Å². The Labute approximate surface area is 114 Å². The second-order valence-corrected chi connectivity index (χ2v) is 4.95.